The van der Waals surface area contributed by atoms with E-state index in [-0.39, 0.29) is 11.9 Å². The van der Waals surface area contributed by atoms with E-state index < -0.39 is 0 Å². The Labute approximate surface area is 125 Å². The summed E-state index contributed by atoms with van der Waals surface area (Å²) in [7, 11) is 0. The predicted molar refractivity (Wildman–Crippen MR) is 83.2 cm³/mol. The molecule has 2 nitrogen and oxygen atoms in total. The molecule has 0 aliphatic heterocycles. The van der Waals surface area contributed by atoms with E-state index in [2.05, 4.69) is 29.7 Å². The van der Waals surface area contributed by atoms with Crippen LogP contribution in [0.1, 0.15) is 47.9 Å². The quantitative estimate of drug-likeness (QED) is 0.646. The number of benzene rings is 2. The Hall–Kier alpha value is -1.71. The third-order valence-electron chi connectivity index (χ3n) is 4.47. The van der Waals surface area contributed by atoms with Crippen LogP contribution in [0.5, 0.6) is 0 Å². The van der Waals surface area contributed by atoms with Crippen molar-refractivity contribution >= 4 is 0 Å². The van der Waals surface area contributed by atoms with Gasteiger partial charge in [0, 0.05) is 0 Å². The van der Waals surface area contributed by atoms with Crippen LogP contribution < -0.4 is 11.3 Å². The van der Waals surface area contributed by atoms with Gasteiger partial charge in [-0.2, -0.15) is 0 Å². The molecule has 1 unspecified atom stereocenters. The molecule has 3 rings (SSSR count). The molecule has 1 atom stereocenters. The van der Waals surface area contributed by atoms with Crippen LogP contribution in [0.25, 0.3) is 0 Å². The number of hydrazine groups is 1. The van der Waals surface area contributed by atoms with Gasteiger partial charge in [0.15, 0.2) is 0 Å². The topological polar surface area (TPSA) is 38.0 Å². The third-order valence-corrected chi connectivity index (χ3v) is 4.47. The van der Waals surface area contributed by atoms with Crippen LogP contribution in [0.3, 0.4) is 0 Å². The molecule has 3 heteroatoms. The normalized spacial score (nSPS) is 16.5. The molecule has 0 heterocycles. The van der Waals surface area contributed by atoms with Gasteiger partial charge in [-0.05, 0) is 47.9 Å². The predicted octanol–water partition coefficient (Wildman–Crippen LogP) is 3.84. The molecule has 3 N–H and O–H groups in total. The van der Waals surface area contributed by atoms with E-state index >= 15 is 0 Å². The molecule has 0 saturated heterocycles. The summed E-state index contributed by atoms with van der Waals surface area (Å²) >= 11 is 0. The second kappa shape index (κ2) is 6.37. The fourth-order valence-electron chi connectivity index (χ4n) is 2.93. The molecule has 110 valence electrons. The highest BCUT2D eigenvalue weighted by Crippen LogP contribution is 2.37. The fourth-order valence-corrected chi connectivity index (χ4v) is 2.93. The first-order valence-corrected chi connectivity index (χ1v) is 7.57. The zero-order chi connectivity index (χ0) is 14.7. The van der Waals surface area contributed by atoms with Crippen LogP contribution in [0.15, 0.2) is 48.5 Å². The number of hydrogen-bond donors (Lipinski definition) is 2. The van der Waals surface area contributed by atoms with Gasteiger partial charge in [0.05, 0.1) is 6.04 Å². The second-order valence-electron chi connectivity index (χ2n) is 5.81. The Bertz CT molecular complexity index is 608. The maximum absolute atomic E-state index is 13.8. The molecule has 0 bridgehead atoms. The maximum Gasteiger partial charge on any atom is 0.126 e. The second-order valence-corrected chi connectivity index (χ2v) is 5.81. The van der Waals surface area contributed by atoms with Crippen LogP contribution in [0, 0.1) is 5.82 Å². The summed E-state index contributed by atoms with van der Waals surface area (Å²) in [6, 6.07) is 15.4. The maximum atomic E-state index is 13.8. The van der Waals surface area contributed by atoms with Crippen LogP contribution in [0.2, 0.25) is 0 Å². The summed E-state index contributed by atoms with van der Waals surface area (Å²) in [5.74, 6) is 6.22. The highest BCUT2D eigenvalue weighted by molar-refractivity contribution is 5.31. The Morgan fingerprint density at radius 1 is 1.14 bits per heavy atom. The SMILES string of the molecule is NNC(Cc1ccccc1F)c1cccc(C2CCC2)c1. The molecule has 0 aromatic heterocycles. The lowest BCUT2D eigenvalue weighted by molar-refractivity contribution is 0.419. The number of rotatable bonds is 5. The minimum atomic E-state index is -0.173. The van der Waals surface area contributed by atoms with Gasteiger partial charge >= 0.3 is 0 Å². The van der Waals surface area contributed by atoms with Gasteiger partial charge in [0.25, 0.3) is 0 Å². The van der Waals surface area contributed by atoms with E-state index in [0.29, 0.717) is 17.9 Å². The smallest absolute Gasteiger partial charge is 0.126 e. The van der Waals surface area contributed by atoms with Gasteiger partial charge < -0.3 is 0 Å². The van der Waals surface area contributed by atoms with Crippen molar-refractivity contribution in [2.75, 3.05) is 0 Å². The van der Waals surface area contributed by atoms with E-state index in [1.807, 2.05) is 12.1 Å². The number of hydrogen-bond acceptors (Lipinski definition) is 2. The monoisotopic (exact) mass is 284 g/mol. The Balaban J connectivity index is 1.81. The molecule has 2 aromatic carbocycles. The van der Waals surface area contributed by atoms with Crippen molar-refractivity contribution in [3.8, 4) is 0 Å². The van der Waals surface area contributed by atoms with Crippen molar-refractivity contribution in [2.24, 2.45) is 5.84 Å². The molecular weight excluding hydrogens is 263 g/mol. The molecule has 1 saturated carbocycles. The van der Waals surface area contributed by atoms with Gasteiger partial charge in [-0.15, -0.1) is 0 Å². The van der Waals surface area contributed by atoms with Gasteiger partial charge in [-0.1, -0.05) is 48.9 Å². The highest BCUT2D eigenvalue weighted by atomic mass is 19.1. The summed E-state index contributed by atoms with van der Waals surface area (Å²) < 4.78 is 13.8. The van der Waals surface area contributed by atoms with Gasteiger partial charge in [0.1, 0.15) is 5.82 Å². The molecule has 0 spiro atoms. The largest absolute Gasteiger partial charge is 0.271 e. The van der Waals surface area contributed by atoms with Crippen LogP contribution in [-0.4, -0.2) is 0 Å². The van der Waals surface area contributed by atoms with E-state index in [1.165, 1.54) is 30.9 Å². The molecule has 1 fully saturated rings. The minimum Gasteiger partial charge on any atom is -0.271 e. The van der Waals surface area contributed by atoms with Crippen molar-refractivity contribution in [3.63, 3.8) is 0 Å². The summed E-state index contributed by atoms with van der Waals surface area (Å²) in [4.78, 5) is 0. The van der Waals surface area contributed by atoms with Gasteiger partial charge in [-0.3, -0.25) is 11.3 Å². The Kier molecular flexibility index (Phi) is 4.32. The van der Waals surface area contributed by atoms with E-state index in [1.54, 1.807) is 6.07 Å². The summed E-state index contributed by atoms with van der Waals surface area (Å²) in [5, 5.41) is 0. The lowest BCUT2D eigenvalue weighted by Gasteiger charge is -2.27. The fraction of sp³-hybridized carbons (Fsp3) is 0.333. The molecule has 0 radical (unpaired) electrons. The number of nitrogens with two attached hydrogens (primary N) is 1. The lowest BCUT2D eigenvalue weighted by atomic mass is 9.79. The zero-order valence-corrected chi connectivity index (χ0v) is 12.1. The van der Waals surface area contributed by atoms with E-state index in [0.717, 1.165) is 5.56 Å². The van der Waals surface area contributed by atoms with Gasteiger partial charge in [-0.25, -0.2) is 4.39 Å². The highest BCUT2D eigenvalue weighted by Gasteiger charge is 2.21. The average Bonchev–Trinajstić information content (AvgIpc) is 2.45. The third kappa shape index (κ3) is 3.14. The molecular formula is C18H21FN2. The average molecular weight is 284 g/mol. The molecule has 0 amide bonds. The standard InChI is InChI=1S/C18H21FN2/c19-17-10-2-1-5-15(17)12-18(21-20)16-9-4-8-14(11-16)13-6-3-7-13/h1-2,4-5,8-11,13,18,21H,3,6-7,12,20H2. The van der Waals surface area contributed by atoms with E-state index in [9.17, 15) is 4.39 Å². The zero-order valence-electron chi connectivity index (χ0n) is 12.1. The minimum absolute atomic E-state index is 0.0677. The van der Waals surface area contributed by atoms with Crippen molar-refractivity contribution < 1.29 is 4.39 Å². The van der Waals surface area contributed by atoms with Crippen LogP contribution >= 0.6 is 0 Å². The lowest BCUT2D eigenvalue weighted by Crippen LogP contribution is -2.30. The summed E-state index contributed by atoms with van der Waals surface area (Å²) in [6.45, 7) is 0. The Morgan fingerprint density at radius 2 is 1.95 bits per heavy atom. The van der Waals surface area contributed by atoms with E-state index in [4.69, 9.17) is 5.84 Å². The van der Waals surface area contributed by atoms with Gasteiger partial charge in [0.2, 0.25) is 0 Å². The first-order valence-electron chi connectivity index (χ1n) is 7.57. The molecule has 2 aromatic rings. The summed E-state index contributed by atoms with van der Waals surface area (Å²) in [6.07, 6.45) is 4.43. The number of nitrogens with one attached hydrogen (secondary N) is 1. The van der Waals surface area contributed by atoms with Crippen LogP contribution in [-0.2, 0) is 6.42 Å². The van der Waals surface area contributed by atoms with Crippen molar-refractivity contribution in [1.29, 1.82) is 0 Å². The van der Waals surface area contributed by atoms with Crippen molar-refractivity contribution in [2.45, 2.75) is 37.6 Å². The number of halogens is 1. The first kappa shape index (κ1) is 14.2. The molecule has 1 aliphatic carbocycles. The van der Waals surface area contributed by atoms with Crippen molar-refractivity contribution in [1.82, 2.24) is 5.43 Å². The molecule has 1 aliphatic rings. The Morgan fingerprint density at radius 3 is 2.62 bits per heavy atom. The first-order chi connectivity index (χ1) is 10.3. The van der Waals surface area contributed by atoms with Crippen molar-refractivity contribution in [3.05, 3.63) is 71.0 Å². The van der Waals surface area contributed by atoms with Crippen LogP contribution in [0.4, 0.5) is 4.39 Å². The molecule has 21 heavy (non-hydrogen) atoms. The summed E-state index contributed by atoms with van der Waals surface area (Å²) in [5.41, 5.74) is 6.03.